The first-order valence-corrected chi connectivity index (χ1v) is 4.78. The molecule has 1 N–H and O–H groups in total. The highest BCUT2D eigenvalue weighted by Gasteiger charge is 2.19. The van der Waals surface area contributed by atoms with Gasteiger partial charge < -0.3 is 4.90 Å². The Bertz CT molecular complexity index is 364. The Labute approximate surface area is 79.9 Å². The molecule has 4 nitrogen and oxygen atoms in total. The van der Waals surface area contributed by atoms with Gasteiger partial charge in [0, 0.05) is 11.5 Å². The summed E-state index contributed by atoms with van der Waals surface area (Å²) in [6, 6.07) is -1.83. The first-order valence-electron chi connectivity index (χ1n) is 5.34. The lowest BCUT2D eigenvalue weighted by atomic mass is 10.1. The van der Waals surface area contributed by atoms with Gasteiger partial charge in [-0.15, -0.1) is 0 Å². The fourth-order valence-electron chi connectivity index (χ4n) is 0.603. The summed E-state index contributed by atoms with van der Waals surface area (Å²) < 4.78 is 60.9. The van der Waals surface area contributed by atoms with Gasteiger partial charge in [0.1, 0.15) is 0 Å². The number of rotatable bonds is 4. The van der Waals surface area contributed by atoms with Crippen molar-refractivity contribution in [2.45, 2.75) is 19.9 Å². The average molecular weight is 199 g/mol. The molecular weight excluding hydrogens is 178 g/mol. The van der Waals surface area contributed by atoms with Crippen molar-refractivity contribution in [2.75, 3.05) is 19.8 Å². The van der Waals surface area contributed by atoms with Crippen LogP contribution in [-0.4, -0.2) is 43.7 Å². The first kappa shape index (κ1) is 6.34. The number of hydrogen-bond donors (Lipinski definition) is 1. The van der Waals surface area contributed by atoms with Crippen molar-refractivity contribution in [2.24, 2.45) is 5.89 Å². The molecule has 0 saturated carbocycles. The summed E-state index contributed by atoms with van der Waals surface area (Å²) in [6.07, 6.45) is 0. The van der Waals surface area contributed by atoms with E-state index in [0.717, 1.165) is 6.92 Å². The van der Waals surface area contributed by atoms with Crippen LogP contribution in [0.15, 0.2) is 0 Å². The molecule has 0 bridgehead atoms. The zero-order valence-corrected chi connectivity index (χ0v) is 8.44. The van der Waals surface area contributed by atoms with E-state index in [0.29, 0.717) is 0 Å². The Morgan fingerprint density at radius 2 is 2.00 bits per heavy atom. The van der Waals surface area contributed by atoms with E-state index in [1.54, 1.807) is 0 Å². The van der Waals surface area contributed by atoms with Crippen LogP contribution in [0.1, 0.15) is 19.3 Å². The fraction of sp³-hybridized carbons (Fsp3) is 1.00. The highest BCUT2D eigenvalue weighted by molar-refractivity contribution is 7.85. The molecule has 0 aliphatic rings. The predicted octanol–water partition coefficient (Wildman–Crippen LogP) is 0.460. The third-order valence-electron chi connectivity index (χ3n) is 1.50. The third-order valence-corrected chi connectivity index (χ3v) is 2.06. The minimum Gasteiger partial charge on any atom is -0.306 e. The molecule has 0 radical (unpaired) electrons. The van der Waals surface area contributed by atoms with Crippen LogP contribution >= 0.6 is 0 Å². The lowest BCUT2D eigenvalue weighted by Crippen LogP contribution is -2.34. The molecule has 0 aliphatic heterocycles. The van der Waals surface area contributed by atoms with E-state index in [4.69, 9.17) is 10.0 Å². The van der Waals surface area contributed by atoms with E-state index in [1.807, 2.05) is 0 Å². The smallest absolute Gasteiger partial charge is 0.265 e. The molecule has 74 valence electrons. The summed E-state index contributed by atoms with van der Waals surface area (Å²) in [4.78, 5) is 1.21. The first-order chi connectivity index (χ1) is 6.69. The molecule has 0 fully saturated rings. The fourth-order valence-corrected chi connectivity index (χ4v) is 1.14. The molecule has 0 aliphatic carbocycles. The third kappa shape index (κ3) is 4.69. The van der Waals surface area contributed by atoms with Gasteiger partial charge in [-0.2, -0.15) is 8.42 Å². The maximum absolute atomic E-state index is 10.9. The van der Waals surface area contributed by atoms with Gasteiger partial charge >= 0.3 is 0 Å². The zero-order valence-electron chi connectivity index (χ0n) is 11.6. The summed E-state index contributed by atoms with van der Waals surface area (Å²) in [5, 5.41) is 0. The van der Waals surface area contributed by atoms with E-state index in [1.165, 1.54) is 25.9 Å². The molecule has 0 spiro atoms. The molecule has 0 aromatic carbocycles. The molecular formula is C7H17NO3S. The monoisotopic (exact) mass is 199 g/mol. The molecule has 0 rings (SSSR count). The Hall–Kier alpha value is -0.130. The lowest BCUT2D eigenvalue weighted by molar-refractivity contribution is 0.250. The van der Waals surface area contributed by atoms with Crippen LogP contribution in [0.4, 0.5) is 0 Å². The largest absolute Gasteiger partial charge is 0.306 e. The van der Waals surface area contributed by atoms with E-state index in [-0.39, 0.29) is 0 Å². The topological polar surface area (TPSA) is 57.6 Å². The quantitative estimate of drug-likeness (QED) is 0.668. The van der Waals surface area contributed by atoms with Gasteiger partial charge in [-0.25, -0.2) is 0 Å². The van der Waals surface area contributed by atoms with Gasteiger partial charge in [-0.05, 0) is 26.9 Å². The van der Waals surface area contributed by atoms with Crippen molar-refractivity contribution in [3.05, 3.63) is 0 Å². The molecule has 2 atom stereocenters. The second-order valence-electron chi connectivity index (χ2n) is 2.68. The highest BCUT2D eigenvalue weighted by Crippen LogP contribution is 2.09. The summed E-state index contributed by atoms with van der Waals surface area (Å²) in [7, 11) is -2.22. The molecule has 0 saturated heterocycles. The Morgan fingerprint density at radius 3 is 2.25 bits per heavy atom. The van der Waals surface area contributed by atoms with Gasteiger partial charge in [0.2, 0.25) is 0 Å². The lowest BCUT2D eigenvalue weighted by Gasteiger charge is -2.25. The number of hydrogen-bond acceptors (Lipinski definition) is 3. The van der Waals surface area contributed by atoms with Crippen molar-refractivity contribution >= 4 is 10.1 Å². The molecule has 12 heavy (non-hydrogen) atoms. The molecule has 2 unspecified atom stereocenters. The van der Waals surface area contributed by atoms with Gasteiger partial charge in [-0.3, -0.25) is 4.55 Å². The molecule has 0 aromatic rings. The maximum Gasteiger partial charge on any atom is 0.265 e. The van der Waals surface area contributed by atoms with Crippen molar-refractivity contribution in [3.63, 3.8) is 0 Å². The second kappa shape index (κ2) is 4.20. The Kier molecular flexibility index (Phi) is 2.22. The summed E-state index contributed by atoms with van der Waals surface area (Å²) in [5.74, 6) is -2.36. The summed E-state index contributed by atoms with van der Waals surface area (Å²) in [5.41, 5.74) is -3.24. The predicted molar refractivity (Wildman–Crippen MR) is 48.7 cm³/mol. The van der Waals surface area contributed by atoms with E-state index in [9.17, 15) is 8.42 Å². The van der Waals surface area contributed by atoms with Crippen molar-refractivity contribution < 1.29 is 18.5 Å². The maximum atomic E-state index is 10.9. The molecule has 5 heteroatoms. The van der Waals surface area contributed by atoms with Crippen molar-refractivity contribution in [1.29, 1.82) is 0 Å². The van der Waals surface area contributed by atoms with E-state index < -0.39 is 27.7 Å². The van der Waals surface area contributed by atoms with Gasteiger partial charge in [0.15, 0.2) is 0 Å². The van der Waals surface area contributed by atoms with E-state index >= 15 is 0 Å². The highest BCUT2D eigenvalue weighted by atomic mass is 32.2. The van der Waals surface area contributed by atoms with Crippen LogP contribution in [0.5, 0.6) is 0 Å². The normalized spacial score (nSPS) is 29.2. The minimum atomic E-state index is -5.08. The number of nitrogens with zero attached hydrogens (tertiary/aromatic N) is 1. The zero-order chi connectivity index (χ0) is 13.6. The Morgan fingerprint density at radius 1 is 1.58 bits per heavy atom. The Balaban J connectivity index is 5.72. The summed E-state index contributed by atoms with van der Waals surface area (Å²) in [6.45, 7) is 2.18. The van der Waals surface area contributed by atoms with Gasteiger partial charge in [0.25, 0.3) is 10.1 Å². The van der Waals surface area contributed by atoms with Crippen LogP contribution in [0.25, 0.3) is 0 Å². The van der Waals surface area contributed by atoms with Gasteiger partial charge in [-0.1, -0.05) is 6.92 Å². The molecule has 0 heterocycles. The average Bonchev–Trinajstić information content (AvgIpc) is 2.00. The van der Waals surface area contributed by atoms with E-state index in [2.05, 4.69) is 0 Å². The second-order valence-corrected chi connectivity index (χ2v) is 3.84. The molecule has 0 aromatic heterocycles. The van der Waals surface area contributed by atoms with Crippen molar-refractivity contribution in [1.82, 2.24) is 4.90 Å². The van der Waals surface area contributed by atoms with Crippen LogP contribution in [0, 0.1) is 5.89 Å². The van der Waals surface area contributed by atoms with Crippen LogP contribution in [-0.2, 0) is 10.1 Å². The minimum absolute atomic E-state index is 0.966. The summed E-state index contributed by atoms with van der Waals surface area (Å²) >= 11 is 0. The SMILES string of the molecule is [2H]C(C)(N(C)C)C([2H])(C)C([2H])([2H])S(=O)(=O)O. The van der Waals surface area contributed by atoms with Gasteiger partial charge in [0.05, 0.1) is 5.70 Å². The van der Waals surface area contributed by atoms with Crippen LogP contribution in [0.3, 0.4) is 0 Å². The van der Waals surface area contributed by atoms with Crippen LogP contribution < -0.4 is 0 Å². The standard InChI is InChI=1S/C7H17NO3S/c1-6(5-12(9,10)11)7(2)8(3)4/h6-7H,5H2,1-4H3,(H,9,10,11)/i5D2,6D,7D. The van der Waals surface area contributed by atoms with Crippen molar-refractivity contribution in [3.8, 4) is 0 Å². The molecule has 0 amide bonds. The van der Waals surface area contributed by atoms with Crippen LogP contribution in [0.2, 0.25) is 0 Å².